The second-order valence-corrected chi connectivity index (χ2v) is 3.05. The van der Waals surface area contributed by atoms with Crippen molar-refractivity contribution in [1.29, 1.82) is 5.26 Å². The van der Waals surface area contributed by atoms with Crippen LogP contribution in [-0.4, -0.2) is 23.8 Å². The van der Waals surface area contributed by atoms with Crippen molar-refractivity contribution in [2.75, 3.05) is 6.61 Å². The molecule has 12 heavy (non-hydrogen) atoms. The molecule has 0 saturated carbocycles. The van der Waals surface area contributed by atoms with Crippen molar-refractivity contribution in [3.05, 3.63) is 0 Å². The summed E-state index contributed by atoms with van der Waals surface area (Å²) in [7, 11) is 0. The second-order valence-electron chi connectivity index (χ2n) is 3.05. The molecule has 0 saturated heterocycles. The highest BCUT2D eigenvalue weighted by molar-refractivity contribution is 4.81. The van der Waals surface area contributed by atoms with E-state index >= 15 is 0 Å². The molecule has 0 aliphatic rings. The summed E-state index contributed by atoms with van der Waals surface area (Å²) >= 11 is 0. The number of hydrogen-bond donors (Lipinski definition) is 2. The molecule has 0 fully saturated rings. The first-order valence-corrected chi connectivity index (χ1v) is 4.48. The average Bonchev–Trinajstić information content (AvgIpc) is 2.04. The van der Waals surface area contributed by atoms with Crippen molar-refractivity contribution < 1.29 is 5.11 Å². The first-order valence-electron chi connectivity index (χ1n) is 4.48. The minimum atomic E-state index is 0.206. The number of aliphatic hydroxyl groups excluding tert-OH is 1. The molecule has 2 unspecified atom stereocenters. The Kier molecular flexibility index (Phi) is 6.73. The fourth-order valence-corrected chi connectivity index (χ4v) is 1.11. The van der Waals surface area contributed by atoms with Crippen molar-refractivity contribution in [1.82, 2.24) is 5.32 Å². The van der Waals surface area contributed by atoms with Gasteiger partial charge in [0, 0.05) is 18.7 Å². The van der Waals surface area contributed by atoms with Gasteiger partial charge in [-0.2, -0.15) is 5.26 Å². The van der Waals surface area contributed by atoms with Crippen molar-refractivity contribution in [3.8, 4) is 6.07 Å². The summed E-state index contributed by atoms with van der Waals surface area (Å²) in [4.78, 5) is 0. The van der Waals surface area contributed by atoms with E-state index in [2.05, 4.69) is 18.3 Å². The number of nitrogens with one attached hydrogen (secondary N) is 1. The highest BCUT2D eigenvalue weighted by Crippen LogP contribution is 1.99. The summed E-state index contributed by atoms with van der Waals surface area (Å²) in [6.45, 7) is 4.29. The Labute approximate surface area is 74.4 Å². The van der Waals surface area contributed by atoms with E-state index < -0.39 is 0 Å². The van der Waals surface area contributed by atoms with Crippen molar-refractivity contribution in [2.45, 2.75) is 45.2 Å². The lowest BCUT2D eigenvalue weighted by Crippen LogP contribution is -2.36. The minimum absolute atomic E-state index is 0.206. The Balaban J connectivity index is 3.62. The molecule has 0 rings (SSSR count). The number of nitriles is 1. The van der Waals surface area contributed by atoms with Crippen molar-refractivity contribution in [3.63, 3.8) is 0 Å². The molecule has 0 amide bonds. The fourth-order valence-electron chi connectivity index (χ4n) is 1.11. The van der Waals surface area contributed by atoms with Crippen LogP contribution in [-0.2, 0) is 0 Å². The topological polar surface area (TPSA) is 56.0 Å². The van der Waals surface area contributed by atoms with Crippen molar-refractivity contribution in [2.24, 2.45) is 0 Å². The van der Waals surface area contributed by atoms with Gasteiger partial charge in [0.1, 0.15) is 0 Å². The molecule has 0 spiro atoms. The molecule has 0 aliphatic heterocycles. The highest BCUT2D eigenvalue weighted by Gasteiger charge is 2.08. The zero-order chi connectivity index (χ0) is 9.40. The van der Waals surface area contributed by atoms with Crippen LogP contribution >= 0.6 is 0 Å². The Hall–Kier alpha value is -0.590. The molecular formula is C9H18N2O. The van der Waals surface area contributed by atoms with Crippen LogP contribution in [0.2, 0.25) is 0 Å². The smallest absolute Gasteiger partial charge is 0.0638 e. The monoisotopic (exact) mass is 170 g/mol. The number of nitrogens with zero attached hydrogens (tertiary/aromatic N) is 1. The summed E-state index contributed by atoms with van der Waals surface area (Å²) in [6.07, 6.45) is 2.26. The van der Waals surface area contributed by atoms with E-state index in [9.17, 15) is 0 Å². The van der Waals surface area contributed by atoms with E-state index in [1.807, 2.05) is 6.92 Å². The molecule has 70 valence electrons. The summed E-state index contributed by atoms with van der Waals surface area (Å²) in [6, 6.07) is 2.72. The quantitative estimate of drug-likeness (QED) is 0.626. The molecule has 0 heterocycles. The minimum Gasteiger partial charge on any atom is -0.396 e. The maximum atomic E-state index is 8.65. The van der Waals surface area contributed by atoms with Crippen molar-refractivity contribution >= 4 is 0 Å². The van der Waals surface area contributed by atoms with Crippen LogP contribution in [0.5, 0.6) is 0 Å². The third-order valence-corrected chi connectivity index (χ3v) is 1.91. The molecule has 2 atom stereocenters. The van der Waals surface area contributed by atoms with Gasteiger partial charge in [0.2, 0.25) is 0 Å². The first-order chi connectivity index (χ1) is 5.74. The molecule has 0 aromatic carbocycles. The Morgan fingerprint density at radius 3 is 2.67 bits per heavy atom. The van der Waals surface area contributed by atoms with Gasteiger partial charge in [-0.3, -0.25) is 0 Å². The third-order valence-electron chi connectivity index (χ3n) is 1.91. The van der Waals surface area contributed by atoms with Crippen LogP contribution in [0.4, 0.5) is 0 Å². The zero-order valence-corrected chi connectivity index (χ0v) is 7.88. The molecule has 3 nitrogen and oxygen atoms in total. The predicted octanol–water partition coefficient (Wildman–Crippen LogP) is 1.04. The molecule has 2 N–H and O–H groups in total. The lowest BCUT2D eigenvalue weighted by atomic mass is 10.1. The Morgan fingerprint density at radius 1 is 1.58 bits per heavy atom. The maximum absolute atomic E-state index is 8.65. The maximum Gasteiger partial charge on any atom is 0.0638 e. The molecule has 0 radical (unpaired) electrons. The lowest BCUT2D eigenvalue weighted by molar-refractivity contribution is 0.262. The third kappa shape index (κ3) is 5.11. The molecule has 3 heteroatoms. The molecule has 0 aromatic heterocycles. The lowest BCUT2D eigenvalue weighted by Gasteiger charge is -2.19. The standard InChI is InChI=1S/C9H18N2O/c1-3-9(4-6-10)11-8(2)5-7-12/h8-9,11-12H,3-5,7H2,1-2H3. The van der Waals surface area contributed by atoms with Gasteiger partial charge in [0.05, 0.1) is 12.5 Å². The van der Waals surface area contributed by atoms with E-state index in [1.54, 1.807) is 0 Å². The molecule has 0 aromatic rings. The van der Waals surface area contributed by atoms with E-state index in [0.717, 1.165) is 12.8 Å². The second kappa shape index (κ2) is 7.08. The normalized spacial score (nSPS) is 15.2. The SMILES string of the molecule is CCC(CC#N)NC(C)CCO. The predicted molar refractivity (Wildman–Crippen MR) is 48.6 cm³/mol. The summed E-state index contributed by atoms with van der Waals surface area (Å²) in [5.74, 6) is 0. The summed E-state index contributed by atoms with van der Waals surface area (Å²) in [5, 5.41) is 20.4. The summed E-state index contributed by atoms with van der Waals surface area (Å²) in [5.41, 5.74) is 0. The van der Waals surface area contributed by atoms with Crippen LogP contribution in [0.1, 0.15) is 33.1 Å². The van der Waals surface area contributed by atoms with Gasteiger partial charge in [-0.25, -0.2) is 0 Å². The van der Waals surface area contributed by atoms with E-state index in [1.165, 1.54) is 0 Å². The van der Waals surface area contributed by atoms with Gasteiger partial charge in [0.25, 0.3) is 0 Å². The first kappa shape index (κ1) is 11.4. The number of rotatable bonds is 6. The Bertz CT molecular complexity index is 142. The van der Waals surface area contributed by atoms with Gasteiger partial charge in [0.15, 0.2) is 0 Å². The van der Waals surface area contributed by atoms with Gasteiger partial charge in [-0.1, -0.05) is 6.92 Å². The van der Waals surface area contributed by atoms with E-state index in [4.69, 9.17) is 10.4 Å². The van der Waals surface area contributed by atoms with Gasteiger partial charge >= 0.3 is 0 Å². The number of aliphatic hydroxyl groups is 1. The molecule has 0 bridgehead atoms. The van der Waals surface area contributed by atoms with Crippen LogP contribution in [0.15, 0.2) is 0 Å². The van der Waals surface area contributed by atoms with E-state index in [0.29, 0.717) is 12.5 Å². The van der Waals surface area contributed by atoms with Crippen LogP contribution in [0.25, 0.3) is 0 Å². The van der Waals surface area contributed by atoms with Gasteiger partial charge < -0.3 is 10.4 Å². The van der Waals surface area contributed by atoms with E-state index in [-0.39, 0.29) is 12.6 Å². The number of hydrogen-bond acceptors (Lipinski definition) is 3. The molecular weight excluding hydrogens is 152 g/mol. The average molecular weight is 170 g/mol. The largest absolute Gasteiger partial charge is 0.396 e. The van der Waals surface area contributed by atoms with Gasteiger partial charge in [-0.05, 0) is 19.8 Å². The Morgan fingerprint density at radius 2 is 2.25 bits per heavy atom. The molecule has 0 aliphatic carbocycles. The highest BCUT2D eigenvalue weighted by atomic mass is 16.3. The van der Waals surface area contributed by atoms with Crippen LogP contribution < -0.4 is 5.32 Å². The fraction of sp³-hybridized carbons (Fsp3) is 0.889. The summed E-state index contributed by atoms with van der Waals surface area (Å²) < 4.78 is 0. The van der Waals surface area contributed by atoms with Crippen LogP contribution in [0, 0.1) is 11.3 Å². The van der Waals surface area contributed by atoms with Crippen LogP contribution in [0.3, 0.4) is 0 Å². The zero-order valence-electron chi connectivity index (χ0n) is 7.88. The van der Waals surface area contributed by atoms with Gasteiger partial charge in [-0.15, -0.1) is 0 Å².